The van der Waals surface area contributed by atoms with Crippen LogP contribution in [-0.2, 0) is 25.3 Å². The van der Waals surface area contributed by atoms with E-state index < -0.39 is 27.8 Å². The van der Waals surface area contributed by atoms with E-state index >= 15 is 4.79 Å². The second kappa shape index (κ2) is 16.2. The lowest BCUT2D eigenvalue weighted by molar-refractivity contribution is -0.141. The number of benzene rings is 3. The molecule has 14 heteroatoms. The lowest BCUT2D eigenvalue weighted by atomic mass is 9.95. The molecule has 0 aromatic heterocycles. The van der Waals surface area contributed by atoms with Crippen LogP contribution in [0.2, 0.25) is 10.0 Å². The lowest BCUT2D eigenvalue weighted by Gasteiger charge is -2.41. The maximum Gasteiger partial charge on any atom is 0.262 e. The Morgan fingerprint density at radius 3 is 1.89 bits per heavy atom. The van der Waals surface area contributed by atoms with Gasteiger partial charge in [-0.05, 0) is 94.1 Å². The molecular formula is C39H50Cl2N6O5S. The first kappa shape index (κ1) is 39.5. The Labute approximate surface area is 323 Å². The normalized spacial score (nSPS) is 23.2. The van der Waals surface area contributed by atoms with Gasteiger partial charge >= 0.3 is 0 Å². The van der Waals surface area contributed by atoms with E-state index in [0.717, 1.165) is 30.4 Å². The zero-order valence-electron chi connectivity index (χ0n) is 30.8. The summed E-state index contributed by atoms with van der Waals surface area (Å²) in [5.74, 6) is 0.0420. The minimum absolute atomic E-state index is 0.0717. The second-order valence-corrected chi connectivity index (χ2v) is 17.8. The van der Waals surface area contributed by atoms with Crippen LogP contribution in [0.5, 0.6) is 5.75 Å². The Hall–Kier alpha value is -3.23. The summed E-state index contributed by atoms with van der Waals surface area (Å²) in [7, 11) is -3.87. The van der Waals surface area contributed by atoms with Gasteiger partial charge in [0.1, 0.15) is 5.75 Å². The van der Waals surface area contributed by atoms with Gasteiger partial charge in [-0.2, -0.15) is 4.31 Å². The molecule has 0 saturated carbocycles. The predicted octanol–water partition coefficient (Wildman–Crippen LogP) is 5.45. The maximum atomic E-state index is 15.4. The van der Waals surface area contributed by atoms with Crippen molar-refractivity contribution in [3.8, 4) is 5.75 Å². The molecule has 3 N–H and O–H groups in total. The van der Waals surface area contributed by atoms with E-state index in [1.54, 1.807) is 23.1 Å². The zero-order chi connectivity index (χ0) is 38.0. The summed E-state index contributed by atoms with van der Waals surface area (Å²) in [6.45, 7) is 10.8. The molecule has 3 aliphatic heterocycles. The standard InChI is InChI=1S/C39H50Cl2N6O5S/c1-5-52-33-18-17-31(53(50,51)47-19-7-6-8-20-47)25-32(33)39(37(49)46-23-21-45(22-24-46)26-34(48)42-38(2,3)4)43-35(27-9-13-29(40)14-10-27)36(44-39)28-11-15-30(41)16-12-28/h9-18,25,35-36,43-44H,5-8,19-24,26H2,1-4H3,(H,42,48)/t35-,36+,39?. The molecule has 3 aromatic carbocycles. The van der Waals surface area contributed by atoms with Crippen molar-refractivity contribution >= 4 is 45.0 Å². The maximum absolute atomic E-state index is 15.4. The molecule has 3 aliphatic rings. The van der Waals surface area contributed by atoms with Gasteiger partial charge in [0.2, 0.25) is 15.9 Å². The van der Waals surface area contributed by atoms with E-state index in [4.69, 9.17) is 27.9 Å². The Balaban J connectivity index is 1.44. The van der Waals surface area contributed by atoms with E-state index in [2.05, 4.69) is 16.0 Å². The Morgan fingerprint density at radius 1 is 0.830 bits per heavy atom. The third kappa shape index (κ3) is 8.85. The molecule has 0 aliphatic carbocycles. The van der Waals surface area contributed by atoms with E-state index in [-0.39, 0.29) is 28.8 Å². The average Bonchev–Trinajstić information content (AvgIpc) is 3.54. The largest absolute Gasteiger partial charge is 0.493 e. The van der Waals surface area contributed by atoms with Crippen LogP contribution in [-0.4, -0.2) is 92.3 Å². The highest BCUT2D eigenvalue weighted by Gasteiger charge is 2.55. The fraction of sp³-hybridized carbons (Fsp3) is 0.487. The molecule has 3 aromatic rings. The summed E-state index contributed by atoms with van der Waals surface area (Å²) in [6, 6.07) is 18.8. The highest BCUT2D eigenvalue weighted by Crippen LogP contribution is 2.45. The number of amides is 2. The smallest absolute Gasteiger partial charge is 0.262 e. The summed E-state index contributed by atoms with van der Waals surface area (Å²) >= 11 is 12.7. The van der Waals surface area contributed by atoms with Gasteiger partial charge in [0.05, 0.1) is 30.1 Å². The topological polar surface area (TPSA) is 123 Å². The van der Waals surface area contributed by atoms with Crippen LogP contribution >= 0.6 is 23.2 Å². The quantitative estimate of drug-likeness (QED) is 0.248. The molecule has 286 valence electrons. The second-order valence-electron chi connectivity index (χ2n) is 15.0. The molecule has 53 heavy (non-hydrogen) atoms. The van der Waals surface area contributed by atoms with Crippen molar-refractivity contribution < 1.29 is 22.7 Å². The van der Waals surface area contributed by atoms with Crippen molar-refractivity contribution in [2.45, 2.75) is 75.1 Å². The van der Waals surface area contributed by atoms with Crippen molar-refractivity contribution in [3.63, 3.8) is 0 Å². The van der Waals surface area contributed by atoms with E-state index in [9.17, 15) is 13.2 Å². The van der Waals surface area contributed by atoms with Crippen molar-refractivity contribution in [2.75, 3.05) is 52.4 Å². The fourth-order valence-corrected chi connectivity index (χ4v) is 9.26. The fourth-order valence-electron chi connectivity index (χ4n) is 7.47. The average molecular weight is 786 g/mol. The molecule has 3 fully saturated rings. The number of carbonyl (C=O) groups is 2. The molecular weight excluding hydrogens is 735 g/mol. The van der Waals surface area contributed by atoms with Gasteiger partial charge in [-0.3, -0.25) is 25.1 Å². The number of nitrogens with zero attached hydrogens (tertiary/aromatic N) is 3. The molecule has 11 nitrogen and oxygen atoms in total. The predicted molar refractivity (Wildman–Crippen MR) is 207 cm³/mol. The van der Waals surface area contributed by atoms with E-state index in [1.807, 2.05) is 81.1 Å². The van der Waals surface area contributed by atoms with Gasteiger partial charge in [-0.1, -0.05) is 53.9 Å². The van der Waals surface area contributed by atoms with Gasteiger partial charge in [0.15, 0.2) is 5.66 Å². The minimum atomic E-state index is -3.87. The zero-order valence-corrected chi connectivity index (χ0v) is 33.2. The highest BCUT2D eigenvalue weighted by atomic mass is 35.5. The van der Waals surface area contributed by atoms with Gasteiger partial charge < -0.3 is 15.0 Å². The minimum Gasteiger partial charge on any atom is -0.493 e. The van der Waals surface area contributed by atoms with Gasteiger partial charge in [-0.25, -0.2) is 8.42 Å². The molecule has 0 spiro atoms. The van der Waals surface area contributed by atoms with Crippen molar-refractivity contribution in [3.05, 3.63) is 93.5 Å². The van der Waals surface area contributed by atoms with Crippen LogP contribution < -0.4 is 20.7 Å². The lowest BCUT2D eigenvalue weighted by Crippen LogP contribution is -2.62. The molecule has 0 bridgehead atoms. The first-order chi connectivity index (χ1) is 25.2. The number of hydrogen-bond donors (Lipinski definition) is 3. The number of piperazine rings is 1. The van der Waals surface area contributed by atoms with Gasteiger partial charge in [0, 0.05) is 60.4 Å². The first-order valence-corrected chi connectivity index (χ1v) is 20.6. The van der Waals surface area contributed by atoms with E-state index in [0.29, 0.717) is 67.2 Å². The van der Waals surface area contributed by atoms with Gasteiger partial charge in [0.25, 0.3) is 5.91 Å². The van der Waals surface area contributed by atoms with E-state index in [1.165, 1.54) is 4.31 Å². The summed E-state index contributed by atoms with van der Waals surface area (Å²) in [5.41, 5.74) is 0.155. The number of carbonyl (C=O) groups excluding carboxylic acids is 2. The molecule has 3 heterocycles. The number of nitrogens with one attached hydrogen (secondary N) is 3. The summed E-state index contributed by atoms with van der Waals surface area (Å²) in [6.07, 6.45) is 2.58. The number of halogens is 2. The molecule has 3 saturated heterocycles. The summed E-state index contributed by atoms with van der Waals surface area (Å²) in [5, 5.41) is 11.6. The van der Waals surface area contributed by atoms with Crippen LogP contribution in [0.1, 0.15) is 75.7 Å². The van der Waals surface area contributed by atoms with Crippen LogP contribution in [0.3, 0.4) is 0 Å². The summed E-state index contributed by atoms with van der Waals surface area (Å²) in [4.78, 5) is 32.0. The number of ether oxygens (including phenoxy) is 1. The number of rotatable bonds is 10. The Morgan fingerprint density at radius 2 is 1.38 bits per heavy atom. The monoisotopic (exact) mass is 784 g/mol. The Bertz CT molecular complexity index is 1820. The van der Waals surface area contributed by atoms with Crippen LogP contribution in [0, 0.1) is 0 Å². The van der Waals surface area contributed by atoms with Crippen LogP contribution in [0.15, 0.2) is 71.6 Å². The molecule has 0 radical (unpaired) electrons. The third-order valence-electron chi connectivity index (χ3n) is 10.0. The molecule has 1 unspecified atom stereocenters. The molecule has 2 amide bonds. The molecule has 3 atom stereocenters. The molecule has 6 rings (SSSR count). The van der Waals surface area contributed by atoms with Gasteiger partial charge in [-0.15, -0.1) is 0 Å². The first-order valence-electron chi connectivity index (χ1n) is 18.4. The van der Waals surface area contributed by atoms with Crippen LogP contribution in [0.4, 0.5) is 0 Å². The summed E-state index contributed by atoms with van der Waals surface area (Å²) < 4.78 is 36.0. The number of hydrogen-bond acceptors (Lipinski definition) is 8. The number of sulfonamides is 1. The number of piperidine rings is 1. The third-order valence-corrected chi connectivity index (χ3v) is 12.4. The Kier molecular flexibility index (Phi) is 12.1. The SMILES string of the molecule is CCOc1ccc(S(=O)(=O)N2CCCCC2)cc1C1(C(=O)N2CCN(CC(=O)NC(C)(C)C)CC2)N[C@H](c2ccc(Cl)cc2)[C@H](c2ccc(Cl)cc2)N1. The highest BCUT2D eigenvalue weighted by molar-refractivity contribution is 7.89. The van der Waals surface area contributed by atoms with Crippen LogP contribution in [0.25, 0.3) is 0 Å². The van der Waals surface area contributed by atoms with Crippen molar-refractivity contribution in [1.82, 2.24) is 30.1 Å². The van der Waals surface area contributed by atoms with Crippen molar-refractivity contribution in [1.29, 1.82) is 0 Å². The van der Waals surface area contributed by atoms with Crippen molar-refractivity contribution in [2.24, 2.45) is 0 Å².